The molecule has 7 nitrogen and oxygen atoms in total. The number of amides is 1. The predicted octanol–water partition coefficient (Wildman–Crippen LogP) is 5.42. The minimum absolute atomic E-state index is 0.0365. The fourth-order valence-electron chi connectivity index (χ4n) is 4.71. The Morgan fingerprint density at radius 2 is 1.57 bits per heavy atom. The molecule has 0 fully saturated rings. The van der Waals surface area contributed by atoms with Gasteiger partial charge in [0, 0.05) is 35.1 Å². The highest BCUT2D eigenvalue weighted by Gasteiger charge is 2.12. The number of nitrogens with one attached hydrogen (secondary N) is 2. The molecule has 204 valence electrons. The SMILES string of the molecule is COc1ccc(CCN(C)CCOc2ccc(NC(=O)Cc3cccc4c(=O)c5ccccc5[nH]c34)cc2)cc1. The van der Waals surface area contributed by atoms with Crippen molar-refractivity contribution in [2.24, 2.45) is 0 Å². The van der Waals surface area contributed by atoms with Crippen molar-refractivity contribution in [3.63, 3.8) is 0 Å². The van der Waals surface area contributed by atoms with Gasteiger partial charge in [0.05, 0.1) is 19.0 Å². The van der Waals surface area contributed by atoms with E-state index in [0.29, 0.717) is 28.6 Å². The number of nitrogens with zero attached hydrogens (tertiary/aromatic N) is 1. The first-order chi connectivity index (χ1) is 19.5. The van der Waals surface area contributed by atoms with Gasteiger partial charge < -0.3 is 24.7 Å². The molecule has 0 bridgehead atoms. The Bertz CT molecular complexity index is 1660. The Morgan fingerprint density at radius 3 is 2.35 bits per heavy atom. The van der Waals surface area contributed by atoms with Gasteiger partial charge in [0.25, 0.3) is 0 Å². The molecule has 1 amide bonds. The number of H-pyrrole nitrogens is 1. The van der Waals surface area contributed by atoms with Crippen LogP contribution in [0.1, 0.15) is 11.1 Å². The molecule has 1 heterocycles. The number of carbonyl (C=O) groups is 1. The number of methoxy groups -OCH3 is 1. The van der Waals surface area contributed by atoms with Crippen LogP contribution in [0.4, 0.5) is 5.69 Å². The zero-order valence-corrected chi connectivity index (χ0v) is 22.8. The number of rotatable bonds is 11. The monoisotopic (exact) mass is 535 g/mol. The van der Waals surface area contributed by atoms with E-state index in [1.807, 2.05) is 72.8 Å². The highest BCUT2D eigenvalue weighted by molar-refractivity contribution is 5.98. The minimum Gasteiger partial charge on any atom is -0.497 e. The third-order valence-corrected chi connectivity index (χ3v) is 7.00. The lowest BCUT2D eigenvalue weighted by molar-refractivity contribution is -0.115. The fourth-order valence-corrected chi connectivity index (χ4v) is 4.71. The first-order valence-electron chi connectivity index (χ1n) is 13.4. The zero-order valence-electron chi connectivity index (χ0n) is 22.8. The van der Waals surface area contributed by atoms with Crippen LogP contribution in [0.15, 0.2) is 95.8 Å². The van der Waals surface area contributed by atoms with Crippen LogP contribution in [0.25, 0.3) is 21.8 Å². The second-order valence-corrected chi connectivity index (χ2v) is 9.84. The number of hydrogen-bond donors (Lipinski definition) is 2. The second-order valence-electron chi connectivity index (χ2n) is 9.84. The van der Waals surface area contributed by atoms with Crippen molar-refractivity contribution in [1.29, 1.82) is 0 Å². The topological polar surface area (TPSA) is 83.7 Å². The van der Waals surface area contributed by atoms with E-state index in [2.05, 4.69) is 34.4 Å². The third kappa shape index (κ3) is 6.50. The standard InChI is InChI=1S/C33H33N3O4/c1-36(19-18-23-10-14-26(39-2)15-11-23)20-21-40-27-16-12-25(13-17-27)34-31(37)22-24-6-5-8-29-32(24)35-30-9-4-3-7-28(30)33(29)38/h3-17H,18-22H2,1-2H3,(H,34,37)(H,35,38). The van der Waals surface area contributed by atoms with Gasteiger partial charge >= 0.3 is 0 Å². The number of anilines is 1. The Balaban J connectivity index is 1.11. The molecule has 0 atom stereocenters. The van der Waals surface area contributed by atoms with E-state index in [0.717, 1.165) is 42.1 Å². The van der Waals surface area contributed by atoms with Gasteiger partial charge in [0.2, 0.25) is 5.91 Å². The van der Waals surface area contributed by atoms with E-state index in [4.69, 9.17) is 9.47 Å². The van der Waals surface area contributed by atoms with Crippen molar-refractivity contribution in [2.75, 3.05) is 39.2 Å². The highest BCUT2D eigenvalue weighted by Crippen LogP contribution is 2.20. The van der Waals surface area contributed by atoms with Crippen molar-refractivity contribution >= 4 is 33.4 Å². The van der Waals surface area contributed by atoms with Gasteiger partial charge in [0.1, 0.15) is 18.1 Å². The third-order valence-electron chi connectivity index (χ3n) is 7.00. The molecule has 0 saturated carbocycles. The van der Waals surface area contributed by atoms with Gasteiger partial charge in [0.15, 0.2) is 5.43 Å². The summed E-state index contributed by atoms with van der Waals surface area (Å²) in [5.74, 6) is 1.46. The second kappa shape index (κ2) is 12.5. The number of fused-ring (bicyclic) bond motifs is 2. The van der Waals surface area contributed by atoms with Crippen molar-refractivity contribution < 1.29 is 14.3 Å². The van der Waals surface area contributed by atoms with E-state index in [1.54, 1.807) is 13.2 Å². The molecule has 0 aliphatic rings. The lowest BCUT2D eigenvalue weighted by Crippen LogP contribution is -2.26. The van der Waals surface area contributed by atoms with Gasteiger partial charge in [-0.25, -0.2) is 0 Å². The first-order valence-corrected chi connectivity index (χ1v) is 13.4. The summed E-state index contributed by atoms with van der Waals surface area (Å²) in [6.07, 6.45) is 1.10. The van der Waals surface area contributed by atoms with Crippen LogP contribution >= 0.6 is 0 Å². The molecule has 0 radical (unpaired) electrons. The Kier molecular flexibility index (Phi) is 8.42. The average Bonchev–Trinajstić information content (AvgIpc) is 2.98. The lowest BCUT2D eigenvalue weighted by Gasteiger charge is -2.17. The van der Waals surface area contributed by atoms with Gasteiger partial charge in [-0.3, -0.25) is 9.59 Å². The number of hydrogen-bond acceptors (Lipinski definition) is 5. The lowest BCUT2D eigenvalue weighted by atomic mass is 10.0. The Morgan fingerprint density at radius 1 is 0.850 bits per heavy atom. The normalized spacial score (nSPS) is 11.2. The highest BCUT2D eigenvalue weighted by atomic mass is 16.5. The molecule has 40 heavy (non-hydrogen) atoms. The summed E-state index contributed by atoms with van der Waals surface area (Å²) in [7, 11) is 3.76. The number of ether oxygens (including phenoxy) is 2. The van der Waals surface area contributed by atoms with Crippen molar-refractivity contribution in [3.8, 4) is 11.5 Å². The van der Waals surface area contributed by atoms with E-state index in [1.165, 1.54) is 5.56 Å². The average molecular weight is 536 g/mol. The van der Waals surface area contributed by atoms with Crippen molar-refractivity contribution in [1.82, 2.24) is 9.88 Å². The Labute approximate surface area is 233 Å². The summed E-state index contributed by atoms with van der Waals surface area (Å²) >= 11 is 0. The minimum atomic E-state index is -0.159. The molecule has 0 aliphatic heterocycles. The number of pyridine rings is 1. The molecular weight excluding hydrogens is 502 g/mol. The summed E-state index contributed by atoms with van der Waals surface area (Å²) < 4.78 is 11.1. The zero-order chi connectivity index (χ0) is 27.9. The van der Waals surface area contributed by atoms with Gasteiger partial charge in [-0.15, -0.1) is 0 Å². The molecule has 0 unspecified atom stereocenters. The maximum Gasteiger partial charge on any atom is 0.228 e. The molecule has 5 rings (SSSR count). The number of likely N-dealkylation sites (N-methyl/N-ethyl adjacent to an activating group) is 1. The van der Waals surface area contributed by atoms with E-state index in [-0.39, 0.29) is 17.8 Å². The van der Waals surface area contributed by atoms with Crippen LogP contribution in [0, 0.1) is 0 Å². The van der Waals surface area contributed by atoms with Crippen molar-refractivity contribution in [3.05, 3.63) is 112 Å². The summed E-state index contributed by atoms with van der Waals surface area (Å²) in [5.41, 5.74) is 4.15. The summed E-state index contributed by atoms with van der Waals surface area (Å²) in [4.78, 5) is 31.4. The molecule has 0 aliphatic carbocycles. The maximum atomic E-state index is 12.9. The van der Waals surface area contributed by atoms with Crippen LogP contribution in [0.3, 0.4) is 0 Å². The van der Waals surface area contributed by atoms with E-state index in [9.17, 15) is 9.59 Å². The number of benzene rings is 4. The van der Waals surface area contributed by atoms with Crippen LogP contribution in [-0.2, 0) is 17.6 Å². The van der Waals surface area contributed by atoms with E-state index < -0.39 is 0 Å². The molecule has 0 saturated heterocycles. The maximum absolute atomic E-state index is 12.9. The molecule has 2 N–H and O–H groups in total. The fraction of sp³-hybridized carbons (Fsp3) is 0.212. The summed E-state index contributed by atoms with van der Waals surface area (Å²) in [5, 5.41) is 4.16. The van der Waals surface area contributed by atoms with Gasteiger partial charge in [-0.05, 0) is 79.2 Å². The van der Waals surface area contributed by atoms with E-state index >= 15 is 0 Å². The molecule has 0 spiro atoms. The summed E-state index contributed by atoms with van der Waals surface area (Å²) in [6.45, 7) is 2.30. The molecule has 4 aromatic carbocycles. The molecule has 5 aromatic rings. The number of para-hydroxylation sites is 2. The first kappa shape index (κ1) is 27.0. The molecular formula is C33H33N3O4. The number of aromatic amines is 1. The smallest absolute Gasteiger partial charge is 0.228 e. The van der Waals surface area contributed by atoms with Crippen LogP contribution in [0.5, 0.6) is 11.5 Å². The largest absolute Gasteiger partial charge is 0.497 e. The molecule has 1 aromatic heterocycles. The van der Waals surface area contributed by atoms with Crippen molar-refractivity contribution in [2.45, 2.75) is 12.8 Å². The quantitative estimate of drug-likeness (QED) is 0.221. The Hall–Kier alpha value is -4.62. The number of aromatic nitrogens is 1. The van der Waals surface area contributed by atoms with Gasteiger partial charge in [-0.1, -0.05) is 36.4 Å². The summed E-state index contributed by atoms with van der Waals surface area (Å²) in [6, 6.07) is 28.4. The van der Waals surface area contributed by atoms with Crippen LogP contribution in [-0.4, -0.2) is 49.6 Å². The predicted molar refractivity (Wildman–Crippen MR) is 161 cm³/mol. The molecule has 7 heteroatoms. The van der Waals surface area contributed by atoms with Crippen LogP contribution in [0.2, 0.25) is 0 Å². The van der Waals surface area contributed by atoms with Crippen LogP contribution < -0.4 is 20.2 Å². The number of carbonyl (C=O) groups excluding carboxylic acids is 1. The van der Waals surface area contributed by atoms with Gasteiger partial charge in [-0.2, -0.15) is 0 Å².